The van der Waals surface area contributed by atoms with E-state index in [1.54, 1.807) is 0 Å². The van der Waals surface area contributed by atoms with Gasteiger partial charge in [-0.25, -0.2) is 0 Å². The van der Waals surface area contributed by atoms with E-state index in [4.69, 9.17) is 0 Å². The summed E-state index contributed by atoms with van der Waals surface area (Å²) in [6.45, 7) is 1.97. The van der Waals surface area contributed by atoms with Crippen LogP contribution in [0.1, 0.15) is 28.8 Å². The van der Waals surface area contributed by atoms with Gasteiger partial charge in [0, 0.05) is 35.6 Å². The minimum atomic E-state index is -0.123. The molecule has 2 aromatic carbocycles. The third-order valence-corrected chi connectivity index (χ3v) is 3.86. The van der Waals surface area contributed by atoms with Gasteiger partial charge in [-0.15, -0.1) is 0 Å². The van der Waals surface area contributed by atoms with Crippen molar-refractivity contribution in [2.75, 3.05) is 0 Å². The fourth-order valence-corrected chi connectivity index (χ4v) is 2.66. The van der Waals surface area contributed by atoms with Gasteiger partial charge in [0.15, 0.2) is 5.78 Å². The fraction of sp³-hybridized carbons (Fsp3) is 0.167. The van der Waals surface area contributed by atoms with Gasteiger partial charge in [0.05, 0.1) is 0 Å². The van der Waals surface area contributed by atoms with Crippen LogP contribution in [0.3, 0.4) is 0 Å². The zero-order valence-corrected chi connectivity index (χ0v) is 11.7. The van der Waals surface area contributed by atoms with E-state index in [-0.39, 0.29) is 11.7 Å². The van der Waals surface area contributed by atoms with Crippen LogP contribution < -0.4 is 0 Å². The first kappa shape index (κ1) is 12.7. The number of fused-ring (bicyclic) bond motifs is 1. The van der Waals surface area contributed by atoms with Gasteiger partial charge in [0.1, 0.15) is 0 Å². The molecule has 0 saturated heterocycles. The molecule has 100 valence electrons. The zero-order valence-electron chi connectivity index (χ0n) is 11.7. The van der Waals surface area contributed by atoms with Crippen molar-refractivity contribution in [3.63, 3.8) is 0 Å². The molecule has 1 aromatic heterocycles. The Balaban J connectivity index is 2.05. The molecule has 2 heteroatoms. The topological polar surface area (TPSA) is 22.0 Å². The highest BCUT2D eigenvalue weighted by Crippen LogP contribution is 2.26. The molecule has 0 saturated carbocycles. The van der Waals surface area contributed by atoms with Gasteiger partial charge >= 0.3 is 0 Å². The summed E-state index contributed by atoms with van der Waals surface area (Å²) >= 11 is 0. The van der Waals surface area contributed by atoms with Crippen LogP contribution in [0.25, 0.3) is 10.9 Å². The molecule has 0 aliphatic heterocycles. The Morgan fingerprint density at radius 3 is 2.40 bits per heavy atom. The molecule has 3 rings (SSSR count). The molecule has 0 N–H and O–H groups in total. The number of aromatic nitrogens is 1. The summed E-state index contributed by atoms with van der Waals surface area (Å²) in [7, 11) is 1.98. The normalized spacial score (nSPS) is 12.5. The molecule has 0 aliphatic carbocycles. The van der Waals surface area contributed by atoms with Crippen molar-refractivity contribution in [2.24, 2.45) is 7.05 Å². The smallest absolute Gasteiger partial charge is 0.172 e. The lowest BCUT2D eigenvalue weighted by atomic mass is 9.92. The second-order valence-electron chi connectivity index (χ2n) is 5.17. The maximum Gasteiger partial charge on any atom is 0.172 e. The largest absolute Gasteiger partial charge is 0.350 e. The van der Waals surface area contributed by atoms with Crippen molar-refractivity contribution in [1.29, 1.82) is 0 Å². The van der Waals surface area contributed by atoms with E-state index in [1.807, 2.05) is 79.3 Å². The minimum absolute atomic E-state index is 0.123. The molecule has 20 heavy (non-hydrogen) atoms. The average Bonchev–Trinajstić information content (AvgIpc) is 2.84. The van der Waals surface area contributed by atoms with Gasteiger partial charge in [0.2, 0.25) is 0 Å². The molecule has 0 radical (unpaired) electrons. The van der Waals surface area contributed by atoms with Crippen molar-refractivity contribution in [3.8, 4) is 0 Å². The summed E-state index contributed by atoms with van der Waals surface area (Å²) in [5.74, 6) is 0.0509. The number of rotatable bonds is 3. The van der Waals surface area contributed by atoms with E-state index in [0.29, 0.717) is 0 Å². The van der Waals surface area contributed by atoms with E-state index in [0.717, 1.165) is 22.0 Å². The molecule has 2 nitrogen and oxygen atoms in total. The highest BCUT2D eigenvalue weighted by molar-refractivity contribution is 6.10. The van der Waals surface area contributed by atoms with E-state index in [1.165, 1.54) is 0 Å². The number of carbonyl (C=O) groups excluding carboxylic acids is 1. The summed E-state index contributed by atoms with van der Waals surface area (Å²) in [4.78, 5) is 12.8. The summed E-state index contributed by atoms with van der Waals surface area (Å²) in [5, 5.41) is 1.03. The Hall–Kier alpha value is -2.35. The predicted octanol–water partition coefficient (Wildman–Crippen LogP) is 4.16. The zero-order chi connectivity index (χ0) is 14.1. The molecule has 0 unspecified atom stereocenters. The molecular formula is C18H17NO. The average molecular weight is 263 g/mol. The van der Waals surface area contributed by atoms with Crippen LogP contribution >= 0.6 is 0 Å². The molecule has 0 fully saturated rings. The molecule has 3 aromatic rings. The van der Waals surface area contributed by atoms with Crippen molar-refractivity contribution in [2.45, 2.75) is 12.8 Å². The lowest BCUT2D eigenvalue weighted by Gasteiger charge is -2.10. The van der Waals surface area contributed by atoms with E-state index < -0.39 is 0 Å². The van der Waals surface area contributed by atoms with E-state index in [2.05, 4.69) is 0 Å². The van der Waals surface area contributed by atoms with Crippen LogP contribution in [-0.4, -0.2) is 10.4 Å². The molecule has 1 heterocycles. The van der Waals surface area contributed by atoms with E-state index in [9.17, 15) is 4.79 Å². The van der Waals surface area contributed by atoms with E-state index >= 15 is 0 Å². The second-order valence-corrected chi connectivity index (χ2v) is 5.17. The summed E-state index contributed by atoms with van der Waals surface area (Å²) in [5.41, 5.74) is 2.96. The fourth-order valence-electron chi connectivity index (χ4n) is 2.66. The Morgan fingerprint density at radius 1 is 1.00 bits per heavy atom. The van der Waals surface area contributed by atoms with Gasteiger partial charge < -0.3 is 4.57 Å². The Kier molecular flexibility index (Phi) is 3.15. The Bertz CT molecular complexity index is 755. The number of hydrogen-bond donors (Lipinski definition) is 0. The first-order valence-electron chi connectivity index (χ1n) is 6.81. The van der Waals surface area contributed by atoms with Crippen molar-refractivity contribution < 1.29 is 4.79 Å². The summed E-state index contributed by atoms with van der Waals surface area (Å²) in [6.07, 6.45) is 1.94. The van der Waals surface area contributed by atoms with Gasteiger partial charge in [-0.3, -0.25) is 4.79 Å². The molecular weight excluding hydrogens is 246 g/mol. The quantitative estimate of drug-likeness (QED) is 0.650. The van der Waals surface area contributed by atoms with Crippen molar-refractivity contribution in [1.82, 2.24) is 4.57 Å². The van der Waals surface area contributed by atoms with Crippen molar-refractivity contribution >= 4 is 16.7 Å². The number of nitrogens with zero attached hydrogens (tertiary/aromatic N) is 1. The maximum absolute atomic E-state index is 12.8. The van der Waals surface area contributed by atoms with Crippen LogP contribution in [0.4, 0.5) is 0 Å². The maximum atomic E-state index is 12.8. The number of Topliss-reactive ketones (excluding diaryl/α,β-unsaturated/α-hetero) is 1. The number of ketones is 1. The summed E-state index contributed by atoms with van der Waals surface area (Å²) < 4.78 is 2.01. The Labute approximate surface area is 118 Å². The molecule has 0 bridgehead atoms. The van der Waals surface area contributed by atoms with Crippen LogP contribution in [0.2, 0.25) is 0 Å². The van der Waals surface area contributed by atoms with Crippen LogP contribution in [-0.2, 0) is 7.05 Å². The molecule has 0 spiro atoms. The van der Waals surface area contributed by atoms with Gasteiger partial charge in [-0.1, -0.05) is 55.5 Å². The summed E-state index contributed by atoms with van der Waals surface area (Å²) in [6, 6.07) is 18.0. The third kappa shape index (κ3) is 2.03. The number of benzene rings is 2. The van der Waals surface area contributed by atoms with Crippen LogP contribution in [0.15, 0.2) is 60.8 Å². The third-order valence-electron chi connectivity index (χ3n) is 3.86. The second kappa shape index (κ2) is 4.97. The Morgan fingerprint density at radius 2 is 1.65 bits per heavy atom. The van der Waals surface area contributed by atoms with Crippen LogP contribution in [0, 0.1) is 0 Å². The van der Waals surface area contributed by atoms with Gasteiger partial charge in [0.25, 0.3) is 0 Å². The minimum Gasteiger partial charge on any atom is -0.350 e. The molecule has 1 atom stereocenters. The highest BCUT2D eigenvalue weighted by Gasteiger charge is 2.20. The first-order valence-corrected chi connectivity index (χ1v) is 6.81. The standard InChI is InChI=1S/C18H17NO/c1-13(14-8-4-3-5-9-14)18(20)16-12-19(2)17-11-7-6-10-15(16)17/h3-13H,1-2H3/t13-/m1/s1. The number of para-hydroxylation sites is 1. The highest BCUT2D eigenvalue weighted by atomic mass is 16.1. The lowest BCUT2D eigenvalue weighted by Crippen LogP contribution is -2.09. The monoisotopic (exact) mass is 263 g/mol. The van der Waals surface area contributed by atoms with Crippen LogP contribution in [0.5, 0.6) is 0 Å². The van der Waals surface area contributed by atoms with Crippen molar-refractivity contribution in [3.05, 3.63) is 71.9 Å². The molecule has 0 aliphatic rings. The predicted molar refractivity (Wildman–Crippen MR) is 82.1 cm³/mol. The number of aryl methyl sites for hydroxylation is 1. The van der Waals surface area contributed by atoms with Gasteiger partial charge in [-0.05, 0) is 11.6 Å². The molecule has 0 amide bonds. The first-order chi connectivity index (χ1) is 9.68. The number of carbonyl (C=O) groups is 1. The number of hydrogen-bond acceptors (Lipinski definition) is 1. The SMILES string of the molecule is C[C@@H](C(=O)c1cn(C)c2ccccc12)c1ccccc1. The lowest BCUT2D eigenvalue weighted by molar-refractivity contribution is 0.0967. The van der Waals surface area contributed by atoms with Gasteiger partial charge in [-0.2, -0.15) is 0 Å².